The van der Waals surface area contributed by atoms with Gasteiger partial charge in [-0.25, -0.2) is 4.98 Å². The molecule has 0 spiro atoms. The van der Waals surface area contributed by atoms with E-state index in [4.69, 9.17) is 5.26 Å². The molecule has 1 amide bonds. The van der Waals surface area contributed by atoms with E-state index >= 15 is 0 Å². The van der Waals surface area contributed by atoms with Gasteiger partial charge in [0.25, 0.3) is 5.56 Å². The molecule has 0 saturated carbocycles. The van der Waals surface area contributed by atoms with Crippen LogP contribution in [0.1, 0.15) is 19.9 Å². The predicted molar refractivity (Wildman–Crippen MR) is 119 cm³/mol. The monoisotopic (exact) mass is 424 g/mol. The molecule has 0 atom stereocenters. The Morgan fingerprint density at radius 3 is 2.66 bits per heavy atom. The smallest absolute Gasteiger partial charge is 0.262 e. The maximum absolute atomic E-state index is 12.9. The number of carbonyl (C=O) groups is 1. The van der Waals surface area contributed by atoms with Crippen LogP contribution in [-0.4, -0.2) is 27.0 Å². The molecule has 1 N–H and O–H groups in total. The molecule has 0 unspecified atom stereocenters. The number of nitriles is 1. The van der Waals surface area contributed by atoms with Crippen molar-refractivity contribution in [1.82, 2.24) is 9.55 Å². The zero-order valence-electron chi connectivity index (χ0n) is 16.1. The van der Waals surface area contributed by atoms with Crippen LogP contribution >= 0.6 is 23.5 Å². The van der Waals surface area contributed by atoms with Crippen molar-refractivity contribution < 1.29 is 4.79 Å². The molecule has 0 aliphatic rings. The van der Waals surface area contributed by atoms with Gasteiger partial charge in [-0.1, -0.05) is 36.0 Å². The Kier molecular flexibility index (Phi) is 6.96. The molecule has 1 heterocycles. The van der Waals surface area contributed by atoms with Crippen molar-refractivity contribution in [2.75, 3.05) is 16.8 Å². The van der Waals surface area contributed by atoms with Gasteiger partial charge in [0.1, 0.15) is 0 Å². The molecule has 148 valence electrons. The summed E-state index contributed by atoms with van der Waals surface area (Å²) < 4.78 is 1.62. The maximum Gasteiger partial charge on any atom is 0.262 e. The highest BCUT2D eigenvalue weighted by molar-refractivity contribution is 8.00. The summed E-state index contributed by atoms with van der Waals surface area (Å²) in [6, 6.07) is 16.6. The van der Waals surface area contributed by atoms with Crippen molar-refractivity contribution in [2.45, 2.75) is 29.9 Å². The van der Waals surface area contributed by atoms with Gasteiger partial charge in [-0.05, 0) is 38.1 Å². The van der Waals surface area contributed by atoms with Crippen molar-refractivity contribution in [1.29, 1.82) is 5.26 Å². The molecule has 0 fully saturated rings. The predicted octanol–water partition coefficient (Wildman–Crippen LogP) is 4.32. The first kappa shape index (κ1) is 21.0. The van der Waals surface area contributed by atoms with Crippen LogP contribution < -0.4 is 10.9 Å². The van der Waals surface area contributed by atoms with Gasteiger partial charge in [0.05, 0.1) is 34.2 Å². The number of anilines is 1. The highest BCUT2D eigenvalue weighted by atomic mass is 32.2. The minimum atomic E-state index is -0.197. The number of nitrogens with zero attached hydrogens (tertiary/aromatic N) is 3. The lowest BCUT2D eigenvalue weighted by molar-refractivity contribution is -0.113. The van der Waals surface area contributed by atoms with Gasteiger partial charge in [-0.15, -0.1) is 11.8 Å². The van der Waals surface area contributed by atoms with Crippen LogP contribution in [0.4, 0.5) is 5.69 Å². The third kappa shape index (κ3) is 5.00. The fourth-order valence-corrected chi connectivity index (χ4v) is 4.40. The number of hydrogen-bond acceptors (Lipinski definition) is 6. The van der Waals surface area contributed by atoms with Crippen LogP contribution in [-0.2, 0) is 4.79 Å². The van der Waals surface area contributed by atoms with Gasteiger partial charge >= 0.3 is 0 Å². The van der Waals surface area contributed by atoms with Gasteiger partial charge in [-0.2, -0.15) is 5.26 Å². The van der Waals surface area contributed by atoms with Crippen LogP contribution in [0, 0.1) is 11.3 Å². The number of carbonyl (C=O) groups excluding carboxylic acids is 1. The molecular weight excluding hydrogens is 404 g/mol. The number of aromatic nitrogens is 2. The Balaban J connectivity index is 1.79. The summed E-state index contributed by atoms with van der Waals surface area (Å²) >= 11 is 2.61. The van der Waals surface area contributed by atoms with Crippen LogP contribution in [0.15, 0.2) is 63.4 Å². The zero-order chi connectivity index (χ0) is 20.8. The van der Waals surface area contributed by atoms with E-state index in [0.29, 0.717) is 27.5 Å². The Morgan fingerprint density at radius 1 is 1.17 bits per heavy atom. The van der Waals surface area contributed by atoms with Crippen molar-refractivity contribution in [3.63, 3.8) is 0 Å². The normalized spacial score (nSPS) is 10.8. The van der Waals surface area contributed by atoms with Crippen molar-refractivity contribution in [3.05, 3.63) is 58.9 Å². The standard InChI is InChI=1S/C21H20N4O2S2/c1-14(2)25-20(27)15-7-3-4-8-16(15)24-21(25)29-13-19(26)23-17-9-5-6-10-18(17)28-12-11-22/h3-10,14H,12-13H2,1-2H3,(H,23,26). The first-order chi connectivity index (χ1) is 14.0. The minimum Gasteiger partial charge on any atom is -0.324 e. The second-order valence-electron chi connectivity index (χ2n) is 6.46. The second kappa shape index (κ2) is 9.63. The summed E-state index contributed by atoms with van der Waals surface area (Å²) in [6.45, 7) is 3.84. The summed E-state index contributed by atoms with van der Waals surface area (Å²) in [5, 5.41) is 12.8. The number of benzene rings is 2. The van der Waals surface area contributed by atoms with Gasteiger partial charge in [-0.3, -0.25) is 14.2 Å². The molecule has 6 nitrogen and oxygen atoms in total. The lowest BCUT2D eigenvalue weighted by atomic mass is 10.2. The van der Waals surface area contributed by atoms with E-state index in [1.54, 1.807) is 22.8 Å². The zero-order valence-corrected chi connectivity index (χ0v) is 17.7. The van der Waals surface area contributed by atoms with E-state index < -0.39 is 0 Å². The highest BCUT2D eigenvalue weighted by Crippen LogP contribution is 2.27. The number of hydrogen-bond donors (Lipinski definition) is 1. The third-order valence-electron chi connectivity index (χ3n) is 4.08. The van der Waals surface area contributed by atoms with Crippen LogP contribution in [0.2, 0.25) is 0 Å². The van der Waals surface area contributed by atoms with E-state index in [0.717, 1.165) is 4.90 Å². The van der Waals surface area contributed by atoms with E-state index in [2.05, 4.69) is 16.4 Å². The SMILES string of the molecule is CC(C)n1c(SCC(=O)Nc2ccccc2SCC#N)nc2ccccc2c1=O. The first-order valence-electron chi connectivity index (χ1n) is 9.04. The fraction of sp³-hybridized carbons (Fsp3) is 0.238. The summed E-state index contributed by atoms with van der Waals surface area (Å²) in [5.74, 6) is 0.232. The molecule has 29 heavy (non-hydrogen) atoms. The van der Waals surface area contributed by atoms with Crippen molar-refractivity contribution in [2.24, 2.45) is 0 Å². The number of thioether (sulfide) groups is 2. The lowest BCUT2D eigenvalue weighted by Crippen LogP contribution is -2.25. The van der Waals surface area contributed by atoms with E-state index in [1.807, 2.05) is 44.2 Å². The van der Waals surface area contributed by atoms with Crippen molar-refractivity contribution in [3.8, 4) is 6.07 Å². The van der Waals surface area contributed by atoms with E-state index in [1.165, 1.54) is 23.5 Å². The van der Waals surface area contributed by atoms with E-state index in [9.17, 15) is 9.59 Å². The third-order valence-corrected chi connectivity index (χ3v) is 5.97. The summed E-state index contributed by atoms with van der Waals surface area (Å²) in [4.78, 5) is 30.8. The molecule has 1 aromatic heterocycles. The number of fused-ring (bicyclic) bond motifs is 1. The summed E-state index contributed by atoms with van der Waals surface area (Å²) in [6.07, 6.45) is 0. The van der Waals surface area contributed by atoms with Gasteiger partial charge < -0.3 is 5.32 Å². The van der Waals surface area contributed by atoms with Gasteiger partial charge in [0, 0.05) is 10.9 Å². The minimum absolute atomic E-state index is 0.0757. The summed E-state index contributed by atoms with van der Waals surface area (Å²) in [5.41, 5.74) is 1.19. The maximum atomic E-state index is 12.9. The number of para-hydroxylation sites is 2. The van der Waals surface area contributed by atoms with Gasteiger partial charge in [0.15, 0.2) is 5.16 Å². The molecule has 0 radical (unpaired) electrons. The largest absolute Gasteiger partial charge is 0.324 e. The number of amides is 1. The second-order valence-corrected chi connectivity index (χ2v) is 8.42. The molecule has 0 saturated heterocycles. The molecule has 2 aromatic carbocycles. The quantitative estimate of drug-likeness (QED) is 0.449. The molecule has 3 rings (SSSR count). The Morgan fingerprint density at radius 2 is 1.90 bits per heavy atom. The molecule has 3 aromatic rings. The fourth-order valence-electron chi connectivity index (χ4n) is 2.80. The van der Waals surface area contributed by atoms with E-state index in [-0.39, 0.29) is 23.3 Å². The van der Waals surface area contributed by atoms with Crippen molar-refractivity contribution >= 4 is 46.0 Å². The summed E-state index contributed by atoms with van der Waals surface area (Å²) in [7, 11) is 0. The lowest BCUT2D eigenvalue weighted by Gasteiger charge is -2.16. The Bertz CT molecular complexity index is 1140. The Labute approximate surface area is 177 Å². The molecule has 0 bridgehead atoms. The average molecular weight is 425 g/mol. The Hall–Kier alpha value is -2.76. The highest BCUT2D eigenvalue weighted by Gasteiger charge is 2.15. The van der Waals surface area contributed by atoms with Crippen LogP contribution in [0.5, 0.6) is 0 Å². The molecule has 0 aliphatic carbocycles. The van der Waals surface area contributed by atoms with Gasteiger partial charge in [0.2, 0.25) is 5.91 Å². The topological polar surface area (TPSA) is 87.8 Å². The number of nitrogens with one attached hydrogen (secondary N) is 1. The molecule has 8 heteroatoms. The molecule has 0 aliphatic heterocycles. The van der Waals surface area contributed by atoms with Crippen LogP contribution in [0.3, 0.4) is 0 Å². The molecular formula is C21H20N4O2S2. The van der Waals surface area contributed by atoms with Crippen LogP contribution in [0.25, 0.3) is 10.9 Å². The number of rotatable bonds is 7. The average Bonchev–Trinajstić information content (AvgIpc) is 2.71. The first-order valence-corrected chi connectivity index (χ1v) is 11.0.